The maximum atomic E-state index is 12.0. The van der Waals surface area contributed by atoms with Gasteiger partial charge in [-0.15, -0.1) is 0 Å². The number of esters is 1. The Morgan fingerprint density at radius 2 is 2.00 bits per heavy atom. The molecular weight excluding hydrogens is 421 g/mol. The number of amides is 2. The van der Waals surface area contributed by atoms with Crippen molar-refractivity contribution in [3.8, 4) is 0 Å². The number of unbranched alkanes of at least 4 members (excludes halogenated alkanes) is 1. The van der Waals surface area contributed by atoms with Gasteiger partial charge in [-0.05, 0) is 5.92 Å². The van der Waals surface area contributed by atoms with Gasteiger partial charge in [0.05, 0.1) is 7.11 Å². The molecule has 0 spiro atoms. The van der Waals surface area contributed by atoms with E-state index in [2.05, 4.69) is 22.1 Å². The van der Waals surface area contributed by atoms with Gasteiger partial charge in [-0.1, -0.05) is 33.3 Å². The number of methoxy groups -OCH3 is 1. The van der Waals surface area contributed by atoms with Crippen molar-refractivity contribution in [2.45, 2.75) is 52.7 Å². The van der Waals surface area contributed by atoms with Gasteiger partial charge in [0, 0.05) is 18.6 Å². The standard InChI is InChI=1S/C17H27N3O3.HI/c1-5-6-10-20-11-8-7-9-14(20)12-18-17(22)19-15(13(2)3)16(21)23-4;/h7-9,11,13,15H,5-6,10,12H2,1-4H3,(H-,18,19,22);1H/t15-;/m0./s1. The summed E-state index contributed by atoms with van der Waals surface area (Å²) in [5.74, 6) is -0.479. The first kappa shape index (κ1) is 22.6. The second-order valence-corrected chi connectivity index (χ2v) is 5.81. The molecule has 0 aliphatic carbocycles. The van der Waals surface area contributed by atoms with Crippen LogP contribution >= 0.6 is 0 Å². The summed E-state index contributed by atoms with van der Waals surface area (Å²) in [6.07, 6.45) is 4.21. The van der Waals surface area contributed by atoms with E-state index in [0.717, 1.165) is 25.1 Å². The number of hydrogen-bond acceptors (Lipinski definition) is 3. The van der Waals surface area contributed by atoms with E-state index in [1.54, 1.807) is 0 Å². The maximum Gasteiger partial charge on any atom is 0.328 e. The topological polar surface area (TPSA) is 71.3 Å². The van der Waals surface area contributed by atoms with Gasteiger partial charge in [-0.2, -0.15) is 0 Å². The molecule has 24 heavy (non-hydrogen) atoms. The van der Waals surface area contributed by atoms with Crippen LogP contribution in [0.4, 0.5) is 4.79 Å². The number of carbonyl (C=O) groups excluding carboxylic acids is 2. The van der Waals surface area contributed by atoms with Gasteiger partial charge in [0.25, 0.3) is 0 Å². The highest BCUT2D eigenvalue weighted by atomic mass is 127. The Morgan fingerprint density at radius 3 is 2.58 bits per heavy atom. The minimum atomic E-state index is -0.650. The quantitative estimate of drug-likeness (QED) is 0.297. The van der Waals surface area contributed by atoms with Gasteiger partial charge in [-0.25, -0.2) is 14.2 Å². The molecule has 136 valence electrons. The molecule has 6 nitrogen and oxygen atoms in total. The number of aryl methyl sites for hydroxylation is 1. The molecule has 1 atom stereocenters. The van der Waals surface area contributed by atoms with Crippen LogP contribution < -0.4 is 39.2 Å². The molecule has 0 aromatic carbocycles. The zero-order valence-electron chi connectivity index (χ0n) is 14.8. The Labute approximate surface area is 161 Å². The van der Waals surface area contributed by atoms with E-state index in [1.807, 2.05) is 38.2 Å². The second-order valence-electron chi connectivity index (χ2n) is 5.81. The molecule has 1 rings (SSSR count). The summed E-state index contributed by atoms with van der Waals surface area (Å²) < 4.78 is 6.84. The molecule has 2 N–H and O–H groups in total. The molecule has 2 amide bonds. The van der Waals surface area contributed by atoms with Crippen molar-refractivity contribution in [1.82, 2.24) is 10.6 Å². The first-order chi connectivity index (χ1) is 11.0. The molecular formula is C17H28IN3O3. The van der Waals surface area contributed by atoms with Gasteiger partial charge >= 0.3 is 12.0 Å². The van der Waals surface area contributed by atoms with E-state index in [0.29, 0.717) is 6.54 Å². The van der Waals surface area contributed by atoms with Crippen LogP contribution in [0.3, 0.4) is 0 Å². The average molecular weight is 449 g/mol. The monoisotopic (exact) mass is 449 g/mol. The highest BCUT2D eigenvalue weighted by molar-refractivity contribution is 5.83. The van der Waals surface area contributed by atoms with Crippen LogP contribution in [-0.4, -0.2) is 25.2 Å². The van der Waals surface area contributed by atoms with Crippen LogP contribution in [0, 0.1) is 5.92 Å². The fraction of sp³-hybridized carbons (Fsp3) is 0.588. The first-order valence-corrected chi connectivity index (χ1v) is 8.09. The van der Waals surface area contributed by atoms with Crippen molar-refractivity contribution in [2.75, 3.05) is 7.11 Å². The minimum absolute atomic E-state index is 0. The number of rotatable bonds is 8. The van der Waals surface area contributed by atoms with Crippen molar-refractivity contribution in [3.05, 3.63) is 30.1 Å². The summed E-state index contributed by atoms with van der Waals surface area (Å²) in [7, 11) is 1.32. The SMILES string of the molecule is CCCC[n+]1ccccc1CNC(=O)N[C@H](C(=O)OC)C(C)C.[I-]. The van der Waals surface area contributed by atoms with E-state index < -0.39 is 12.0 Å². The third kappa shape index (κ3) is 7.46. The fourth-order valence-corrected chi connectivity index (χ4v) is 2.21. The van der Waals surface area contributed by atoms with E-state index >= 15 is 0 Å². The zero-order valence-corrected chi connectivity index (χ0v) is 17.0. The highest BCUT2D eigenvalue weighted by Crippen LogP contribution is 2.03. The summed E-state index contributed by atoms with van der Waals surface area (Å²) in [5, 5.41) is 5.47. The van der Waals surface area contributed by atoms with Crippen LogP contribution in [0.25, 0.3) is 0 Å². The van der Waals surface area contributed by atoms with Crippen LogP contribution in [0.2, 0.25) is 0 Å². The van der Waals surface area contributed by atoms with Crippen LogP contribution in [-0.2, 0) is 22.6 Å². The number of urea groups is 1. The third-order valence-electron chi connectivity index (χ3n) is 3.63. The lowest BCUT2D eigenvalue weighted by molar-refractivity contribution is -0.704. The molecule has 0 aliphatic heterocycles. The Balaban J connectivity index is 0.00000529. The number of hydrogen-bond donors (Lipinski definition) is 2. The molecule has 0 unspecified atom stereocenters. The van der Waals surface area contributed by atoms with Gasteiger partial charge < -0.3 is 39.3 Å². The number of nitrogens with one attached hydrogen (secondary N) is 2. The van der Waals surface area contributed by atoms with Crippen LogP contribution in [0.5, 0.6) is 0 Å². The Hall–Kier alpha value is -1.38. The Morgan fingerprint density at radius 1 is 1.29 bits per heavy atom. The number of halogens is 1. The molecule has 0 saturated carbocycles. The number of nitrogens with zero attached hydrogens (tertiary/aromatic N) is 1. The number of carbonyl (C=O) groups is 2. The molecule has 7 heteroatoms. The van der Waals surface area contributed by atoms with E-state index in [9.17, 15) is 9.59 Å². The number of ether oxygens (including phenoxy) is 1. The van der Waals surface area contributed by atoms with Gasteiger partial charge in [0.15, 0.2) is 6.20 Å². The molecule has 0 aliphatic rings. The lowest BCUT2D eigenvalue weighted by Gasteiger charge is -2.19. The van der Waals surface area contributed by atoms with Crippen molar-refractivity contribution in [3.63, 3.8) is 0 Å². The van der Waals surface area contributed by atoms with Crippen molar-refractivity contribution in [2.24, 2.45) is 5.92 Å². The lowest BCUT2D eigenvalue weighted by atomic mass is 10.1. The highest BCUT2D eigenvalue weighted by Gasteiger charge is 2.25. The molecule has 1 aromatic rings. The fourth-order valence-electron chi connectivity index (χ4n) is 2.21. The molecule has 0 radical (unpaired) electrons. The molecule has 0 saturated heterocycles. The van der Waals surface area contributed by atoms with Crippen molar-refractivity contribution < 1.29 is 42.9 Å². The molecule has 1 aromatic heterocycles. The van der Waals surface area contributed by atoms with Crippen LogP contribution in [0.15, 0.2) is 24.4 Å². The van der Waals surface area contributed by atoms with Gasteiger partial charge in [0.1, 0.15) is 19.1 Å². The summed E-state index contributed by atoms with van der Waals surface area (Å²) in [5.41, 5.74) is 1.02. The lowest BCUT2D eigenvalue weighted by Crippen LogP contribution is -3.00. The van der Waals surface area contributed by atoms with Crippen molar-refractivity contribution in [1.29, 1.82) is 0 Å². The second kappa shape index (κ2) is 12.0. The van der Waals surface area contributed by atoms with Gasteiger partial charge in [-0.3, -0.25) is 0 Å². The number of pyridine rings is 1. The summed E-state index contributed by atoms with van der Waals surface area (Å²) in [6.45, 7) is 7.19. The van der Waals surface area contributed by atoms with Gasteiger partial charge in [0.2, 0.25) is 5.69 Å². The smallest absolute Gasteiger partial charge is 0.328 e. The number of aromatic nitrogens is 1. The van der Waals surface area contributed by atoms with E-state index in [1.165, 1.54) is 7.11 Å². The molecule has 0 fully saturated rings. The summed E-state index contributed by atoms with van der Waals surface area (Å²) in [6, 6.07) is 4.88. The first-order valence-electron chi connectivity index (χ1n) is 8.09. The Bertz CT molecular complexity index is 524. The third-order valence-corrected chi connectivity index (χ3v) is 3.63. The predicted molar refractivity (Wildman–Crippen MR) is 87.6 cm³/mol. The van der Waals surface area contributed by atoms with E-state index in [-0.39, 0.29) is 35.9 Å². The predicted octanol–water partition coefficient (Wildman–Crippen LogP) is -1.22. The minimum Gasteiger partial charge on any atom is -1.00 e. The maximum absolute atomic E-state index is 12.0. The van der Waals surface area contributed by atoms with Crippen molar-refractivity contribution >= 4 is 12.0 Å². The molecule has 0 bridgehead atoms. The summed E-state index contributed by atoms with van der Waals surface area (Å²) in [4.78, 5) is 23.7. The molecule has 1 heterocycles. The normalized spacial score (nSPS) is 11.4. The van der Waals surface area contributed by atoms with E-state index in [4.69, 9.17) is 4.74 Å². The largest absolute Gasteiger partial charge is 1.00 e. The zero-order chi connectivity index (χ0) is 17.2. The summed E-state index contributed by atoms with van der Waals surface area (Å²) >= 11 is 0. The average Bonchev–Trinajstić information content (AvgIpc) is 2.55. The van der Waals surface area contributed by atoms with Crippen LogP contribution in [0.1, 0.15) is 39.3 Å². The Kier molecular flexibility index (Phi) is 11.4.